The summed E-state index contributed by atoms with van der Waals surface area (Å²) in [5.41, 5.74) is 9.11. The first kappa shape index (κ1) is 19.9. The van der Waals surface area contributed by atoms with Crippen LogP contribution in [0.25, 0.3) is 0 Å². The number of aromatic nitrogens is 2. The van der Waals surface area contributed by atoms with Gasteiger partial charge in [0.25, 0.3) is 5.91 Å². The SMILES string of the molecule is Cl.Cn1cc(C(=O)NC2CC(CN)(c3ccccc3)C2)c(C2CCCC2)n1. The minimum absolute atomic E-state index is 0. The number of carbonyl (C=O) groups is 1. The molecule has 4 rings (SSSR count). The summed E-state index contributed by atoms with van der Waals surface area (Å²) in [7, 11) is 1.90. The normalized spacial score (nSPS) is 24.9. The monoisotopic (exact) mass is 388 g/mol. The van der Waals surface area contributed by atoms with E-state index in [4.69, 9.17) is 5.73 Å². The van der Waals surface area contributed by atoms with E-state index in [1.54, 1.807) is 4.68 Å². The fourth-order valence-corrected chi connectivity index (χ4v) is 4.74. The van der Waals surface area contributed by atoms with Crippen molar-refractivity contribution in [1.82, 2.24) is 15.1 Å². The average Bonchev–Trinajstić information content (AvgIpc) is 3.27. The lowest BCUT2D eigenvalue weighted by Gasteiger charge is -2.47. The van der Waals surface area contributed by atoms with Crippen molar-refractivity contribution >= 4 is 18.3 Å². The summed E-state index contributed by atoms with van der Waals surface area (Å²) in [6.45, 7) is 0.615. The van der Waals surface area contributed by atoms with Gasteiger partial charge in [-0.3, -0.25) is 9.48 Å². The van der Waals surface area contributed by atoms with E-state index >= 15 is 0 Å². The van der Waals surface area contributed by atoms with Gasteiger partial charge in [-0.05, 0) is 31.2 Å². The lowest BCUT2D eigenvalue weighted by atomic mass is 9.61. The maximum atomic E-state index is 12.9. The molecule has 2 fully saturated rings. The van der Waals surface area contributed by atoms with Gasteiger partial charge >= 0.3 is 0 Å². The van der Waals surface area contributed by atoms with Gasteiger partial charge in [-0.15, -0.1) is 12.4 Å². The van der Waals surface area contributed by atoms with Crippen LogP contribution in [0.4, 0.5) is 0 Å². The number of carbonyl (C=O) groups excluding carboxylic acids is 1. The summed E-state index contributed by atoms with van der Waals surface area (Å²) in [5, 5.41) is 7.81. The number of rotatable bonds is 5. The number of aryl methyl sites for hydroxylation is 1. The lowest BCUT2D eigenvalue weighted by Crippen LogP contribution is -2.56. The maximum Gasteiger partial charge on any atom is 0.254 e. The highest BCUT2D eigenvalue weighted by atomic mass is 35.5. The Hall–Kier alpha value is -1.85. The van der Waals surface area contributed by atoms with E-state index in [1.165, 1.54) is 18.4 Å². The molecule has 3 N–H and O–H groups in total. The topological polar surface area (TPSA) is 72.9 Å². The number of hydrogen-bond donors (Lipinski definition) is 2. The van der Waals surface area contributed by atoms with Crippen LogP contribution < -0.4 is 11.1 Å². The molecule has 27 heavy (non-hydrogen) atoms. The predicted octanol–water partition coefficient (Wildman–Crippen LogP) is 3.29. The molecule has 6 heteroatoms. The highest BCUT2D eigenvalue weighted by molar-refractivity contribution is 5.95. The molecule has 1 aromatic carbocycles. The summed E-state index contributed by atoms with van der Waals surface area (Å²) < 4.78 is 1.78. The Labute approximate surface area is 167 Å². The van der Waals surface area contributed by atoms with Crippen LogP contribution in [0.5, 0.6) is 0 Å². The number of hydrogen-bond acceptors (Lipinski definition) is 3. The molecule has 2 aliphatic carbocycles. The van der Waals surface area contributed by atoms with Crippen molar-refractivity contribution in [2.24, 2.45) is 12.8 Å². The Morgan fingerprint density at radius 3 is 2.56 bits per heavy atom. The molecular weight excluding hydrogens is 360 g/mol. The standard InChI is InChI=1S/C21H28N4O.ClH/c1-25-13-18(19(24-25)15-7-5-6-8-15)20(26)23-17-11-21(12-17,14-22)16-9-3-2-4-10-16;/h2-4,9-10,13,15,17H,5-8,11-12,14,22H2,1H3,(H,23,26);1H. The quantitative estimate of drug-likeness (QED) is 0.825. The number of nitrogens with two attached hydrogens (primary N) is 1. The van der Waals surface area contributed by atoms with Gasteiger partial charge in [-0.2, -0.15) is 5.10 Å². The van der Waals surface area contributed by atoms with E-state index in [1.807, 2.05) is 19.3 Å². The molecule has 0 radical (unpaired) electrons. The van der Waals surface area contributed by atoms with E-state index in [-0.39, 0.29) is 29.8 Å². The summed E-state index contributed by atoms with van der Waals surface area (Å²) >= 11 is 0. The van der Waals surface area contributed by atoms with Crippen molar-refractivity contribution in [1.29, 1.82) is 0 Å². The maximum absolute atomic E-state index is 12.9. The molecule has 0 unspecified atom stereocenters. The Balaban J connectivity index is 0.00000210. The van der Waals surface area contributed by atoms with Gasteiger partial charge in [0.05, 0.1) is 11.3 Å². The van der Waals surface area contributed by atoms with Crippen LogP contribution in [0.1, 0.15) is 66.1 Å². The third kappa shape index (κ3) is 3.76. The molecule has 0 spiro atoms. The van der Waals surface area contributed by atoms with Crippen LogP contribution in [-0.2, 0) is 12.5 Å². The molecule has 1 heterocycles. The molecule has 0 atom stereocenters. The van der Waals surface area contributed by atoms with Crippen LogP contribution in [0.2, 0.25) is 0 Å². The second kappa shape index (κ2) is 8.03. The number of benzene rings is 1. The van der Waals surface area contributed by atoms with Gasteiger partial charge in [0.1, 0.15) is 0 Å². The highest BCUT2D eigenvalue weighted by Crippen LogP contribution is 2.43. The van der Waals surface area contributed by atoms with Gasteiger partial charge < -0.3 is 11.1 Å². The number of amides is 1. The zero-order chi connectivity index (χ0) is 18.1. The first-order chi connectivity index (χ1) is 12.6. The number of halogens is 1. The Bertz CT molecular complexity index is 777. The van der Waals surface area contributed by atoms with E-state index in [9.17, 15) is 4.79 Å². The van der Waals surface area contributed by atoms with Crippen molar-refractivity contribution in [3.8, 4) is 0 Å². The van der Waals surface area contributed by atoms with Gasteiger partial charge in [0.15, 0.2) is 0 Å². The Kier molecular flexibility index (Phi) is 5.92. The third-order valence-electron chi connectivity index (χ3n) is 6.23. The average molecular weight is 389 g/mol. The molecular formula is C21H29ClN4O. The Morgan fingerprint density at radius 2 is 1.93 bits per heavy atom. The Morgan fingerprint density at radius 1 is 1.26 bits per heavy atom. The second-order valence-corrected chi connectivity index (χ2v) is 8.01. The van der Waals surface area contributed by atoms with Crippen molar-refractivity contribution in [2.75, 3.05) is 6.54 Å². The van der Waals surface area contributed by atoms with Crippen LogP contribution in [-0.4, -0.2) is 28.3 Å². The van der Waals surface area contributed by atoms with E-state index in [2.05, 4.69) is 34.7 Å². The summed E-state index contributed by atoms with van der Waals surface area (Å²) in [5.74, 6) is 0.453. The van der Waals surface area contributed by atoms with E-state index < -0.39 is 0 Å². The molecule has 0 aliphatic heterocycles. The largest absolute Gasteiger partial charge is 0.349 e. The van der Waals surface area contributed by atoms with Crippen LogP contribution in [0.3, 0.4) is 0 Å². The molecule has 5 nitrogen and oxygen atoms in total. The first-order valence-electron chi connectivity index (χ1n) is 9.71. The van der Waals surface area contributed by atoms with Crippen LogP contribution >= 0.6 is 12.4 Å². The predicted molar refractivity (Wildman–Crippen MR) is 109 cm³/mol. The van der Waals surface area contributed by atoms with E-state index in [0.717, 1.165) is 36.9 Å². The number of nitrogens with zero attached hydrogens (tertiary/aromatic N) is 2. The molecule has 2 aromatic rings. The van der Waals surface area contributed by atoms with Crippen molar-refractivity contribution in [3.63, 3.8) is 0 Å². The summed E-state index contributed by atoms with van der Waals surface area (Å²) in [6.07, 6.45) is 8.43. The minimum atomic E-state index is 0. The van der Waals surface area contributed by atoms with Crippen molar-refractivity contribution in [3.05, 3.63) is 53.3 Å². The van der Waals surface area contributed by atoms with Crippen molar-refractivity contribution < 1.29 is 4.79 Å². The van der Waals surface area contributed by atoms with Crippen LogP contribution in [0.15, 0.2) is 36.5 Å². The molecule has 0 bridgehead atoms. The van der Waals surface area contributed by atoms with Crippen molar-refractivity contribution in [2.45, 2.75) is 55.9 Å². The minimum Gasteiger partial charge on any atom is -0.349 e. The molecule has 1 aromatic heterocycles. The summed E-state index contributed by atoms with van der Waals surface area (Å²) in [4.78, 5) is 12.9. The second-order valence-electron chi connectivity index (χ2n) is 8.01. The zero-order valence-electron chi connectivity index (χ0n) is 15.9. The molecule has 0 saturated heterocycles. The molecule has 146 valence electrons. The lowest BCUT2D eigenvalue weighted by molar-refractivity contribution is 0.0865. The zero-order valence-corrected chi connectivity index (χ0v) is 16.7. The fraction of sp³-hybridized carbons (Fsp3) is 0.524. The van der Waals surface area contributed by atoms with Gasteiger partial charge in [-0.25, -0.2) is 0 Å². The fourth-order valence-electron chi connectivity index (χ4n) is 4.74. The molecule has 2 aliphatic rings. The van der Waals surface area contributed by atoms with Gasteiger partial charge in [0.2, 0.25) is 0 Å². The summed E-state index contributed by atoms with van der Waals surface area (Å²) in [6, 6.07) is 10.6. The third-order valence-corrected chi connectivity index (χ3v) is 6.23. The molecule has 2 saturated carbocycles. The van der Waals surface area contributed by atoms with Gasteiger partial charge in [0, 0.05) is 37.2 Å². The van der Waals surface area contributed by atoms with E-state index in [0.29, 0.717) is 12.5 Å². The van der Waals surface area contributed by atoms with Crippen LogP contribution in [0, 0.1) is 0 Å². The molecule has 1 amide bonds. The van der Waals surface area contributed by atoms with Gasteiger partial charge in [-0.1, -0.05) is 43.2 Å². The first-order valence-corrected chi connectivity index (χ1v) is 9.71. The highest BCUT2D eigenvalue weighted by Gasteiger charge is 2.45. The number of nitrogens with one attached hydrogen (secondary N) is 1. The smallest absolute Gasteiger partial charge is 0.254 e.